The molecule has 8 heteroatoms. The van der Waals surface area contributed by atoms with Gasteiger partial charge in [-0.2, -0.15) is 0 Å². The molecule has 1 aliphatic rings. The topological polar surface area (TPSA) is 98.4 Å². The predicted octanol–water partition coefficient (Wildman–Crippen LogP) is 2.53. The molecule has 134 valence electrons. The van der Waals surface area contributed by atoms with Gasteiger partial charge in [0.25, 0.3) is 10.0 Å². The van der Waals surface area contributed by atoms with Crippen molar-refractivity contribution in [2.24, 2.45) is 13.0 Å². The predicted molar refractivity (Wildman–Crippen MR) is 95.8 cm³/mol. The Morgan fingerprint density at radius 1 is 1.15 bits per heavy atom. The van der Waals surface area contributed by atoms with E-state index in [-0.39, 0.29) is 22.3 Å². The maximum Gasteiger partial charge on any atom is 0.419 e. The van der Waals surface area contributed by atoms with Crippen molar-refractivity contribution in [3.63, 3.8) is 0 Å². The third-order valence-electron chi connectivity index (χ3n) is 4.44. The quantitative estimate of drug-likeness (QED) is 0.694. The Balaban J connectivity index is 1.60. The van der Waals surface area contributed by atoms with Crippen LogP contribution in [-0.4, -0.2) is 18.8 Å². The van der Waals surface area contributed by atoms with Crippen molar-refractivity contribution < 1.29 is 17.6 Å². The first-order valence-corrected chi connectivity index (χ1v) is 9.60. The zero-order valence-electron chi connectivity index (χ0n) is 13.9. The first kappa shape index (κ1) is 16.6. The number of carbonyl (C=O) groups is 1. The SMILES string of the molecule is Cn1c(=O)oc2cc(NS(=O)(=O)c3ccc(C(=O)C4CC4)cc3)ccc21. The number of fused-ring (bicyclic) bond motifs is 1. The normalized spacial score (nSPS) is 14.5. The van der Waals surface area contributed by atoms with E-state index in [0.717, 1.165) is 12.8 Å². The summed E-state index contributed by atoms with van der Waals surface area (Å²) in [6, 6.07) is 10.5. The van der Waals surface area contributed by atoms with Crippen LogP contribution in [-0.2, 0) is 17.1 Å². The summed E-state index contributed by atoms with van der Waals surface area (Å²) in [4.78, 5) is 23.6. The molecule has 2 aromatic carbocycles. The second-order valence-corrected chi connectivity index (χ2v) is 8.06. The maximum atomic E-state index is 12.5. The monoisotopic (exact) mass is 372 g/mol. The van der Waals surface area contributed by atoms with E-state index in [0.29, 0.717) is 16.7 Å². The van der Waals surface area contributed by atoms with Crippen LogP contribution in [0, 0.1) is 5.92 Å². The third-order valence-corrected chi connectivity index (χ3v) is 5.84. The van der Waals surface area contributed by atoms with Crippen molar-refractivity contribution in [2.75, 3.05) is 4.72 Å². The molecule has 1 heterocycles. The van der Waals surface area contributed by atoms with Gasteiger partial charge >= 0.3 is 5.76 Å². The van der Waals surface area contributed by atoms with Gasteiger partial charge in [0.15, 0.2) is 11.4 Å². The Labute approximate surface area is 149 Å². The van der Waals surface area contributed by atoms with Crippen LogP contribution >= 0.6 is 0 Å². The number of aromatic nitrogens is 1. The summed E-state index contributed by atoms with van der Waals surface area (Å²) in [5.74, 6) is -0.370. The summed E-state index contributed by atoms with van der Waals surface area (Å²) >= 11 is 0. The van der Waals surface area contributed by atoms with Gasteiger partial charge in [0, 0.05) is 24.6 Å². The lowest BCUT2D eigenvalue weighted by Crippen LogP contribution is -2.13. The number of nitrogens with one attached hydrogen (secondary N) is 1. The average Bonchev–Trinajstić information content (AvgIpc) is 3.42. The van der Waals surface area contributed by atoms with Gasteiger partial charge in [-0.1, -0.05) is 12.1 Å². The fourth-order valence-electron chi connectivity index (χ4n) is 2.79. The lowest BCUT2D eigenvalue weighted by atomic mass is 10.1. The molecule has 1 N–H and O–H groups in total. The van der Waals surface area contributed by atoms with Crippen molar-refractivity contribution in [3.05, 3.63) is 58.6 Å². The Bertz CT molecular complexity index is 1170. The Morgan fingerprint density at radius 3 is 2.50 bits per heavy atom. The molecule has 0 bridgehead atoms. The zero-order valence-corrected chi connectivity index (χ0v) is 14.7. The molecule has 26 heavy (non-hydrogen) atoms. The lowest BCUT2D eigenvalue weighted by molar-refractivity contribution is 0.0967. The van der Waals surface area contributed by atoms with Crippen molar-refractivity contribution >= 4 is 32.6 Å². The van der Waals surface area contributed by atoms with E-state index in [1.54, 1.807) is 19.2 Å². The number of benzene rings is 2. The number of Topliss-reactive ketones (excluding diaryl/α,β-unsaturated/α-hetero) is 1. The van der Waals surface area contributed by atoms with Crippen LogP contribution in [0.4, 0.5) is 5.69 Å². The summed E-state index contributed by atoms with van der Waals surface area (Å²) in [6.45, 7) is 0. The summed E-state index contributed by atoms with van der Waals surface area (Å²) in [7, 11) is -2.25. The fourth-order valence-corrected chi connectivity index (χ4v) is 3.84. The van der Waals surface area contributed by atoms with Gasteiger partial charge in [0.2, 0.25) is 0 Å². The molecule has 1 aliphatic carbocycles. The molecule has 1 fully saturated rings. The van der Waals surface area contributed by atoms with E-state index in [1.807, 2.05) is 0 Å². The first-order valence-electron chi connectivity index (χ1n) is 8.12. The van der Waals surface area contributed by atoms with Crippen LogP contribution in [0.15, 0.2) is 56.6 Å². The number of carbonyl (C=O) groups excluding carboxylic acids is 1. The first-order chi connectivity index (χ1) is 12.3. The molecule has 4 rings (SSSR count). The molecule has 0 aliphatic heterocycles. The zero-order chi connectivity index (χ0) is 18.5. The number of nitrogens with zero attached hydrogens (tertiary/aromatic N) is 1. The number of anilines is 1. The van der Waals surface area contributed by atoms with Crippen LogP contribution in [0.2, 0.25) is 0 Å². The highest BCUT2D eigenvalue weighted by Gasteiger charge is 2.30. The van der Waals surface area contributed by atoms with E-state index >= 15 is 0 Å². The number of rotatable bonds is 5. The summed E-state index contributed by atoms with van der Waals surface area (Å²) in [5, 5.41) is 0. The second-order valence-electron chi connectivity index (χ2n) is 6.38. The van der Waals surface area contributed by atoms with E-state index in [2.05, 4.69) is 4.72 Å². The van der Waals surface area contributed by atoms with Gasteiger partial charge in [0.05, 0.1) is 16.1 Å². The molecule has 0 amide bonds. The number of ketones is 1. The van der Waals surface area contributed by atoms with Crippen LogP contribution < -0.4 is 10.5 Å². The molecule has 0 saturated heterocycles. The van der Waals surface area contributed by atoms with Gasteiger partial charge in [-0.05, 0) is 37.1 Å². The number of hydrogen-bond donors (Lipinski definition) is 1. The molecular formula is C18H16N2O5S. The highest BCUT2D eigenvalue weighted by Crippen LogP contribution is 2.32. The minimum absolute atomic E-state index is 0.0551. The largest absolute Gasteiger partial charge is 0.419 e. The summed E-state index contributed by atoms with van der Waals surface area (Å²) < 4.78 is 33.9. The lowest BCUT2D eigenvalue weighted by Gasteiger charge is -2.08. The van der Waals surface area contributed by atoms with Gasteiger partial charge in [0.1, 0.15) is 0 Å². The van der Waals surface area contributed by atoms with E-state index < -0.39 is 15.8 Å². The number of hydrogen-bond acceptors (Lipinski definition) is 5. The van der Waals surface area contributed by atoms with Crippen molar-refractivity contribution in [1.29, 1.82) is 0 Å². The molecule has 0 atom stereocenters. The number of sulfonamides is 1. The summed E-state index contributed by atoms with van der Waals surface area (Å²) in [5.41, 5.74) is 1.67. The van der Waals surface area contributed by atoms with Crippen molar-refractivity contribution in [1.82, 2.24) is 4.57 Å². The average molecular weight is 372 g/mol. The van der Waals surface area contributed by atoms with E-state index in [1.165, 1.54) is 34.9 Å². The fraction of sp³-hybridized carbons (Fsp3) is 0.222. The standard InChI is InChI=1S/C18H16N2O5S/c1-20-15-9-6-13(10-16(15)25-18(20)22)19-26(23,24)14-7-4-12(5-8-14)17(21)11-2-3-11/h4-11,19H,2-3H2,1H3. The van der Waals surface area contributed by atoms with Crippen LogP contribution in [0.25, 0.3) is 11.1 Å². The van der Waals surface area contributed by atoms with Gasteiger partial charge < -0.3 is 4.42 Å². The maximum absolute atomic E-state index is 12.5. The molecule has 1 aromatic heterocycles. The molecular weight excluding hydrogens is 356 g/mol. The molecule has 7 nitrogen and oxygen atoms in total. The minimum atomic E-state index is -3.82. The molecule has 0 unspecified atom stereocenters. The number of aryl methyl sites for hydroxylation is 1. The molecule has 0 radical (unpaired) electrons. The minimum Gasteiger partial charge on any atom is -0.408 e. The van der Waals surface area contributed by atoms with Crippen molar-refractivity contribution in [3.8, 4) is 0 Å². The molecule has 3 aromatic rings. The summed E-state index contributed by atoms with van der Waals surface area (Å²) in [6.07, 6.45) is 1.80. The van der Waals surface area contributed by atoms with Crippen molar-refractivity contribution in [2.45, 2.75) is 17.7 Å². The van der Waals surface area contributed by atoms with Gasteiger partial charge in [-0.3, -0.25) is 14.1 Å². The molecule has 0 spiro atoms. The van der Waals surface area contributed by atoms with Crippen LogP contribution in [0.5, 0.6) is 0 Å². The number of oxazole rings is 1. The highest BCUT2D eigenvalue weighted by molar-refractivity contribution is 7.92. The second kappa shape index (κ2) is 5.84. The van der Waals surface area contributed by atoms with Crippen LogP contribution in [0.1, 0.15) is 23.2 Å². The van der Waals surface area contributed by atoms with Gasteiger partial charge in [-0.25, -0.2) is 13.2 Å². The Hall–Kier alpha value is -2.87. The van der Waals surface area contributed by atoms with E-state index in [4.69, 9.17) is 4.42 Å². The smallest absolute Gasteiger partial charge is 0.408 e. The Kier molecular flexibility index (Phi) is 3.73. The Morgan fingerprint density at radius 2 is 1.85 bits per heavy atom. The third kappa shape index (κ3) is 2.92. The highest BCUT2D eigenvalue weighted by atomic mass is 32.2. The van der Waals surface area contributed by atoms with Gasteiger partial charge in [-0.15, -0.1) is 0 Å². The van der Waals surface area contributed by atoms with Crippen LogP contribution in [0.3, 0.4) is 0 Å². The van der Waals surface area contributed by atoms with E-state index in [9.17, 15) is 18.0 Å². The molecule has 1 saturated carbocycles.